The van der Waals surface area contributed by atoms with E-state index in [0.717, 1.165) is 0 Å². The van der Waals surface area contributed by atoms with Gasteiger partial charge in [0.25, 0.3) is 5.91 Å². The zero-order valence-corrected chi connectivity index (χ0v) is 12.9. The van der Waals surface area contributed by atoms with Gasteiger partial charge in [0.2, 0.25) is 0 Å². The second-order valence-corrected chi connectivity index (χ2v) is 6.13. The van der Waals surface area contributed by atoms with E-state index in [2.05, 4.69) is 5.32 Å². The van der Waals surface area contributed by atoms with Crippen LogP contribution in [0.3, 0.4) is 0 Å². The average Bonchev–Trinajstić information content (AvgIpc) is 2.48. The van der Waals surface area contributed by atoms with Crippen LogP contribution in [0.25, 0.3) is 0 Å². The van der Waals surface area contributed by atoms with E-state index < -0.39 is 5.60 Å². The highest BCUT2D eigenvalue weighted by Crippen LogP contribution is 2.33. The molecule has 1 N–H and O–H groups in total. The quantitative estimate of drug-likeness (QED) is 0.917. The lowest BCUT2D eigenvalue weighted by atomic mass is 9.92. The van der Waals surface area contributed by atoms with Crippen molar-refractivity contribution in [2.45, 2.75) is 25.9 Å². The Hall–Kier alpha value is -2.69. The molecule has 0 aromatic heterocycles. The number of ether oxygens (including phenoxy) is 1. The molecule has 0 aliphatic carbocycles. The lowest BCUT2D eigenvalue weighted by molar-refractivity contribution is 0.0620. The Morgan fingerprint density at radius 3 is 2.57 bits per heavy atom. The largest absolute Gasteiger partial charge is 0.487 e. The summed E-state index contributed by atoms with van der Waals surface area (Å²) in [6, 6.07) is 10.3. The van der Waals surface area contributed by atoms with Gasteiger partial charge in [-0.25, -0.2) is 4.39 Å². The zero-order chi connectivity index (χ0) is 16.6. The van der Waals surface area contributed by atoms with E-state index in [9.17, 15) is 14.0 Å². The molecule has 1 aliphatic rings. The lowest BCUT2D eigenvalue weighted by Crippen LogP contribution is -2.36. The van der Waals surface area contributed by atoms with E-state index in [-0.39, 0.29) is 23.9 Å². The molecule has 0 atom stereocenters. The average molecular weight is 313 g/mol. The third-order valence-corrected chi connectivity index (χ3v) is 3.62. The first kappa shape index (κ1) is 15.2. The number of halogens is 1. The van der Waals surface area contributed by atoms with Gasteiger partial charge in [0.15, 0.2) is 5.78 Å². The van der Waals surface area contributed by atoms with Gasteiger partial charge in [0, 0.05) is 11.3 Å². The van der Waals surface area contributed by atoms with Crippen molar-refractivity contribution in [1.82, 2.24) is 0 Å². The topological polar surface area (TPSA) is 55.4 Å². The predicted octanol–water partition coefficient (Wildman–Crippen LogP) is 3.82. The first-order valence-electron chi connectivity index (χ1n) is 7.27. The van der Waals surface area contributed by atoms with Crippen LogP contribution in [0.1, 0.15) is 41.0 Å². The number of nitrogens with one attached hydrogen (secondary N) is 1. The van der Waals surface area contributed by atoms with Gasteiger partial charge in [-0.1, -0.05) is 0 Å². The number of benzene rings is 2. The summed E-state index contributed by atoms with van der Waals surface area (Å²) in [5.74, 6) is -0.295. The number of anilines is 1. The highest BCUT2D eigenvalue weighted by Gasteiger charge is 2.32. The Kier molecular flexibility index (Phi) is 3.64. The highest BCUT2D eigenvalue weighted by molar-refractivity contribution is 6.07. The number of carbonyl (C=O) groups is 2. The van der Waals surface area contributed by atoms with Gasteiger partial charge in [-0.15, -0.1) is 0 Å². The lowest BCUT2D eigenvalue weighted by Gasteiger charge is -2.31. The molecule has 0 fully saturated rings. The molecule has 2 aromatic rings. The van der Waals surface area contributed by atoms with E-state index in [4.69, 9.17) is 4.74 Å². The van der Waals surface area contributed by atoms with Gasteiger partial charge in [0.05, 0.1) is 12.0 Å². The van der Waals surface area contributed by atoms with Crippen molar-refractivity contribution in [1.29, 1.82) is 0 Å². The summed E-state index contributed by atoms with van der Waals surface area (Å²) in [6.07, 6.45) is 0.267. The van der Waals surface area contributed by atoms with Crippen molar-refractivity contribution in [2.24, 2.45) is 0 Å². The fourth-order valence-corrected chi connectivity index (χ4v) is 2.53. The van der Waals surface area contributed by atoms with Crippen LogP contribution >= 0.6 is 0 Å². The van der Waals surface area contributed by atoms with Crippen LogP contribution in [0.15, 0.2) is 42.5 Å². The molecule has 2 aromatic carbocycles. The maximum Gasteiger partial charge on any atom is 0.255 e. The van der Waals surface area contributed by atoms with E-state index in [1.54, 1.807) is 12.1 Å². The smallest absolute Gasteiger partial charge is 0.255 e. The molecule has 0 spiro atoms. The summed E-state index contributed by atoms with van der Waals surface area (Å²) in [7, 11) is 0. The van der Waals surface area contributed by atoms with Crippen molar-refractivity contribution in [3.63, 3.8) is 0 Å². The number of hydrogen-bond acceptors (Lipinski definition) is 3. The number of fused-ring (bicyclic) bond motifs is 1. The van der Waals surface area contributed by atoms with Gasteiger partial charge in [0.1, 0.15) is 17.2 Å². The van der Waals surface area contributed by atoms with Crippen molar-refractivity contribution in [2.75, 3.05) is 5.32 Å². The molecule has 4 nitrogen and oxygen atoms in total. The molecule has 0 saturated heterocycles. The van der Waals surface area contributed by atoms with E-state index in [0.29, 0.717) is 22.6 Å². The summed E-state index contributed by atoms with van der Waals surface area (Å²) < 4.78 is 18.6. The standard InChI is InChI=1S/C18H16FNO3/c1-18(2)10-15(21)14-9-11(3-8-16(14)23-18)17(22)20-13-6-4-12(19)5-7-13/h3-9H,10H2,1-2H3,(H,20,22). The predicted molar refractivity (Wildman–Crippen MR) is 84.4 cm³/mol. The van der Waals surface area contributed by atoms with Crippen molar-refractivity contribution < 1.29 is 18.7 Å². The molecule has 5 heteroatoms. The van der Waals surface area contributed by atoms with Crippen molar-refractivity contribution >= 4 is 17.4 Å². The Bertz CT molecular complexity index is 781. The fraction of sp³-hybridized carbons (Fsp3) is 0.222. The summed E-state index contributed by atoms with van der Waals surface area (Å²) in [6.45, 7) is 3.70. The van der Waals surface area contributed by atoms with Crippen LogP contribution in [-0.4, -0.2) is 17.3 Å². The maximum absolute atomic E-state index is 12.9. The summed E-state index contributed by atoms with van der Waals surface area (Å²) in [5, 5.41) is 2.67. The molecule has 0 saturated carbocycles. The van der Waals surface area contributed by atoms with E-state index >= 15 is 0 Å². The number of amides is 1. The Morgan fingerprint density at radius 2 is 1.87 bits per heavy atom. The number of ketones is 1. The van der Waals surface area contributed by atoms with E-state index in [1.807, 2.05) is 13.8 Å². The van der Waals surface area contributed by atoms with Crippen molar-refractivity contribution in [3.05, 3.63) is 59.4 Å². The number of carbonyl (C=O) groups excluding carboxylic acids is 2. The van der Waals surface area contributed by atoms with Crippen LogP contribution < -0.4 is 10.1 Å². The number of hydrogen-bond donors (Lipinski definition) is 1. The van der Waals surface area contributed by atoms with Crippen molar-refractivity contribution in [3.8, 4) is 5.75 Å². The molecule has 0 unspecified atom stereocenters. The van der Waals surface area contributed by atoms with Gasteiger partial charge >= 0.3 is 0 Å². The highest BCUT2D eigenvalue weighted by atomic mass is 19.1. The molecule has 0 bridgehead atoms. The van der Waals surface area contributed by atoms with Crippen LogP contribution in [0.4, 0.5) is 10.1 Å². The minimum atomic E-state index is -0.540. The minimum Gasteiger partial charge on any atom is -0.487 e. The summed E-state index contributed by atoms with van der Waals surface area (Å²) in [4.78, 5) is 24.5. The summed E-state index contributed by atoms with van der Waals surface area (Å²) >= 11 is 0. The number of rotatable bonds is 2. The molecule has 1 aliphatic heterocycles. The monoisotopic (exact) mass is 313 g/mol. The summed E-state index contributed by atoms with van der Waals surface area (Å²) in [5.41, 5.74) is 0.709. The fourth-order valence-electron chi connectivity index (χ4n) is 2.53. The van der Waals surface area contributed by atoms with Gasteiger partial charge in [-0.3, -0.25) is 9.59 Å². The Labute approximate surface area is 133 Å². The molecular weight excluding hydrogens is 297 g/mol. The second kappa shape index (κ2) is 5.50. The number of Topliss-reactive ketones (excluding diaryl/α,β-unsaturated/α-hetero) is 1. The van der Waals surface area contributed by atoms with Gasteiger partial charge in [-0.05, 0) is 56.3 Å². The van der Waals surface area contributed by atoms with Crippen LogP contribution in [0, 0.1) is 5.82 Å². The normalized spacial score (nSPS) is 15.5. The van der Waals surface area contributed by atoms with Crippen LogP contribution in [0.5, 0.6) is 5.75 Å². The van der Waals surface area contributed by atoms with Crippen LogP contribution in [0.2, 0.25) is 0 Å². The molecule has 23 heavy (non-hydrogen) atoms. The Balaban J connectivity index is 1.84. The molecule has 1 amide bonds. The van der Waals surface area contributed by atoms with Gasteiger partial charge < -0.3 is 10.1 Å². The first-order valence-corrected chi connectivity index (χ1v) is 7.27. The van der Waals surface area contributed by atoms with Gasteiger partial charge in [-0.2, -0.15) is 0 Å². The van der Waals surface area contributed by atoms with E-state index in [1.165, 1.54) is 30.3 Å². The SMILES string of the molecule is CC1(C)CC(=O)c2cc(C(=O)Nc3ccc(F)cc3)ccc2O1. The third-order valence-electron chi connectivity index (χ3n) is 3.62. The Morgan fingerprint density at radius 1 is 1.17 bits per heavy atom. The second-order valence-electron chi connectivity index (χ2n) is 6.13. The molecule has 3 rings (SSSR count). The molecular formula is C18H16FNO3. The molecule has 118 valence electrons. The molecule has 0 radical (unpaired) electrons. The third kappa shape index (κ3) is 3.23. The van der Waals surface area contributed by atoms with Crippen LogP contribution in [-0.2, 0) is 0 Å². The molecule has 1 heterocycles. The minimum absolute atomic E-state index is 0.0484. The first-order chi connectivity index (χ1) is 10.8. The maximum atomic E-state index is 12.9. The zero-order valence-electron chi connectivity index (χ0n) is 12.9.